The van der Waals surface area contributed by atoms with E-state index in [0.29, 0.717) is 11.4 Å². The lowest BCUT2D eigenvalue weighted by molar-refractivity contribution is -0.125. The Balaban J connectivity index is 1.35. The van der Waals surface area contributed by atoms with Gasteiger partial charge in [-0.3, -0.25) is 4.79 Å². The fourth-order valence-electron chi connectivity index (χ4n) is 3.95. The van der Waals surface area contributed by atoms with Crippen molar-refractivity contribution in [2.45, 2.75) is 50.1 Å². The Bertz CT molecular complexity index is 966. The van der Waals surface area contributed by atoms with Crippen LogP contribution in [0.3, 0.4) is 0 Å². The Morgan fingerprint density at radius 3 is 2.67 bits per heavy atom. The van der Waals surface area contributed by atoms with E-state index in [1.54, 1.807) is 12.1 Å². The zero-order valence-electron chi connectivity index (χ0n) is 15.0. The maximum absolute atomic E-state index is 12.5. The third-order valence-corrected chi connectivity index (χ3v) is 7.74. The van der Waals surface area contributed by atoms with Gasteiger partial charge in [-0.15, -0.1) is 0 Å². The van der Waals surface area contributed by atoms with Crippen LogP contribution in [0.5, 0.6) is 0 Å². The zero-order chi connectivity index (χ0) is 19.2. The minimum Gasteiger partial charge on any atom is -0.440 e. The Hall–Kier alpha value is -1.64. The van der Waals surface area contributed by atoms with Crippen molar-refractivity contribution in [2.24, 2.45) is 0 Å². The number of rotatable bonds is 3. The first-order valence-corrected chi connectivity index (χ1v) is 11.1. The van der Waals surface area contributed by atoms with Crippen molar-refractivity contribution in [1.29, 1.82) is 0 Å². The summed E-state index contributed by atoms with van der Waals surface area (Å²) in [6.07, 6.45) is 3.72. The first kappa shape index (κ1) is 18.7. The average Bonchev–Trinajstić information content (AvgIpc) is 3.16. The molecule has 0 radical (unpaired) electrons. The van der Waals surface area contributed by atoms with Gasteiger partial charge in [0.15, 0.2) is 11.5 Å². The molecule has 1 aromatic heterocycles. The van der Waals surface area contributed by atoms with Gasteiger partial charge in [0.05, 0.1) is 5.75 Å². The number of benzene rings is 1. The van der Waals surface area contributed by atoms with Crippen LogP contribution in [0.25, 0.3) is 11.1 Å². The molecule has 0 spiro atoms. The predicted molar refractivity (Wildman–Crippen MR) is 102 cm³/mol. The lowest BCUT2D eigenvalue weighted by Gasteiger charge is -2.29. The van der Waals surface area contributed by atoms with Gasteiger partial charge in [0.25, 0.3) is 0 Å². The maximum atomic E-state index is 12.5. The smallest absolute Gasteiger partial charge is 0.238 e. The number of nitrogens with one attached hydrogen (secondary N) is 1. The van der Waals surface area contributed by atoms with E-state index < -0.39 is 16.1 Å². The van der Waals surface area contributed by atoms with Gasteiger partial charge in [-0.05, 0) is 50.3 Å². The molecule has 2 heterocycles. The Kier molecular flexibility index (Phi) is 4.90. The minimum absolute atomic E-state index is 0.0378. The van der Waals surface area contributed by atoms with Gasteiger partial charge in [0.1, 0.15) is 11.6 Å². The molecule has 27 heavy (non-hydrogen) atoms. The highest BCUT2D eigenvalue weighted by atomic mass is 35.5. The van der Waals surface area contributed by atoms with Gasteiger partial charge in [0, 0.05) is 24.0 Å². The molecule has 1 amide bonds. The average molecular weight is 412 g/mol. The Labute approximate surface area is 163 Å². The van der Waals surface area contributed by atoms with E-state index in [0.717, 1.165) is 42.7 Å². The predicted octanol–water partition coefficient (Wildman–Crippen LogP) is 2.66. The molecule has 1 saturated heterocycles. The van der Waals surface area contributed by atoms with Gasteiger partial charge in [-0.25, -0.2) is 13.4 Å². The number of likely N-dealkylation sites (N-methyl/N-ethyl adjacent to an activating group) is 1. The molecule has 1 aromatic carbocycles. The number of carbonyl (C=O) groups is 1. The maximum Gasteiger partial charge on any atom is 0.238 e. The number of carbonyl (C=O) groups excluding carboxylic acids is 1. The van der Waals surface area contributed by atoms with Crippen LogP contribution in [0.4, 0.5) is 0 Å². The molecule has 1 aliphatic heterocycles. The van der Waals surface area contributed by atoms with Crippen LogP contribution in [-0.4, -0.2) is 48.5 Å². The summed E-state index contributed by atoms with van der Waals surface area (Å²) in [5, 5.41) is 3.65. The van der Waals surface area contributed by atoms with Crippen LogP contribution >= 0.6 is 11.6 Å². The van der Waals surface area contributed by atoms with Crippen LogP contribution in [0.15, 0.2) is 22.6 Å². The molecule has 2 aliphatic rings. The van der Waals surface area contributed by atoms with Gasteiger partial charge in [-0.1, -0.05) is 11.6 Å². The summed E-state index contributed by atoms with van der Waals surface area (Å²) < 4.78 is 30.6. The second kappa shape index (κ2) is 7.07. The van der Waals surface area contributed by atoms with E-state index >= 15 is 0 Å². The van der Waals surface area contributed by atoms with Crippen molar-refractivity contribution in [3.05, 3.63) is 29.1 Å². The van der Waals surface area contributed by atoms with Crippen LogP contribution in [0.1, 0.15) is 43.9 Å². The molecular weight excluding hydrogens is 390 g/mol. The molecule has 0 bridgehead atoms. The molecular formula is C18H22ClN3O4S. The van der Waals surface area contributed by atoms with Crippen molar-refractivity contribution in [1.82, 2.24) is 14.6 Å². The van der Waals surface area contributed by atoms with E-state index in [-0.39, 0.29) is 23.6 Å². The Morgan fingerprint density at radius 2 is 2.00 bits per heavy atom. The minimum atomic E-state index is -3.28. The summed E-state index contributed by atoms with van der Waals surface area (Å²) in [5.74, 6) is 0.784. The molecule has 9 heteroatoms. The highest BCUT2D eigenvalue weighted by molar-refractivity contribution is 7.89. The summed E-state index contributed by atoms with van der Waals surface area (Å²) in [7, 11) is -1.80. The van der Waals surface area contributed by atoms with Crippen molar-refractivity contribution in [3.8, 4) is 0 Å². The van der Waals surface area contributed by atoms with E-state index in [1.807, 2.05) is 6.07 Å². The highest BCUT2D eigenvalue weighted by Gasteiger charge is 2.39. The van der Waals surface area contributed by atoms with Crippen molar-refractivity contribution < 1.29 is 17.6 Å². The first-order chi connectivity index (χ1) is 12.8. The van der Waals surface area contributed by atoms with Gasteiger partial charge < -0.3 is 9.73 Å². The van der Waals surface area contributed by atoms with E-state index in [4.69, 9.17) is 16.0 Å². The third-order valence-electron chi connectivity index (χ3n) is 5.62. The van der Waals surface area contributed by atoms with E-state index in [1.165, 1.54) is 11.4 Å². The molecule has 1 aliphatic carbocycles. The fourth-order valence-corrected chi connectivity index (χ4v) is 5.52. The summed E-state index contributed by atoms with van der Waals surface area (Å²) >= 11 is 6.00. The molecule has 1 N–H and O–H groups in total. The molecule has 4 rings (SSSR count). The molecule has 1 atom stereocenters. The number of fused-ring (bicyclic) bond motifs is 1. The normalized spacial score (nSPS) is 28.4. The van der Waals surface area contributed by atoms with Crippen molar-refractivity contribution >= 4 is 38.6 Å². The van der Waals surface area contributed by atoms with Crippen molar-refractivity contribution in [2.75, 3.05) is 12.8 Å². The molecule has 146 valence electrons. The number of sulfonamides is 1. The molecule has 2 fully saturated rings. The number of halogens is 1. The largest absolute Gasteiger partial charge is 0.440 e. The zero-order valence-corrected chi connectivity index (χ0v) is 16.6. The van der Waals surface area contributed by atoms with Crippen LogP contribution in [0.2, 0.25) is 5.02 Å². The van der Waals surface area contributed by atoms with E-state index in [2.05, 4.69) is 10.3 Å². The number of oxazole rings is 1. The second-order valence-electron chi connectivity index (χ2n) is 7.36. The topological polar surface area (TPSA) is 92.5 Å². The molecule has 2 aromatic rings. The first-order valence-electron chi connectivity index (χ1n) is 9.15. The second-order valence-corrected chi connectivity index (χ2v) is 9.94. The van der Waals surface area contributed by atoms with Gasteiger partial charge in [0.2, 0.25) is 15.9 Å². The summed E-state index contributed by atoms with van der Waals surface area (Å²) in [6.45, 7) is 0. The Morgan fingerprint density at radius 1 is 1.26 bits per heavy atom. The van der Waals surface area contributed by atoms with Crippen LogP contribution in [0, 0.1) is 0 Å². The molecule has 1 unspecified atom stereocenters. The lowest BCUT2D eigenvalue weighted by Crippen LogP contribution is -2.47. The monoisotopic (exact) mass is 411 g/mol. The number of hydrogen-bond donors (Lipinski definition) is 1. The third kappa shape index (κ3) is 3.70. The highest BCUT2D eigenvalue weighted by Crippen LogP contribution is 2.34. The number of amides is 1. The summed E-state index contributed by atoms with van der Waals surface area (Å²) in [4.78, 5) is 17.0. The summed E-state index contributed by atoms with van der Waals surface area (Å²) in [6, 6.07) is 4.87. The number of aromatic nitrogens is 1. The van der Waals surface area contributed by atoms with E-state index in [9.17, 15) is 13.2 Å². The molecule has 1 saturated carbocycles. The van der Waals surface area contributed by atoms with Crippen molar-refractivity contribution in [3.63, 3.8) is 0 Å². The lowest BCUT2D eigenvalue weighted by atomic mass is 9.86. The fraction of sp³-hybridized carbons (Fsp3) is 0.556. The van der Waals surface area contributed by atoms with Crippen LogP contribution in [-0.2, 0) is 14.8 Å². The van der Waals surface area contributed by atoms with Gasteiger partial charge in [-0.2, -0.15) is 4.31 Å². The van der Waals surface area contributed by atoms with Crippen LogP contribution < -0.4 is 5.32 Å². The standard InChI is InChI=1S/C18H22ClN3O4S/c1-22-15(8-9-27(22,24)25)17(23)20-13-5-2-11(3-6-13)18-21-14-10-12(19)4-7-16(14)26-18/h4,7,10-11,13,15H,2-3,5-6,8-9H2,1H3,(H,20,23). The summed E-state index contributed by atoms with van der Waals surface area (Å²) in [5.41, 5.74) is 1.49. The van der Waals surface area contributed by atoms with Gasteiger partial charge >= 0.3 is 0 Å². The number of hydrogen-bond acceptors (Lipinski definition) is 5. The molecule has 7 nitrogen and oxygen atoms in total. The SMILES string of the molecule is CN1C(C(=O)NC2CCC(c3nc4cc(Cl)ccc4o3)CC2)CCS1(=O)=O. The number of nitrogens with zero attached hydrogens (tertiary/aromatic N) is 2. The quantitative estimate of drug-likeness (QED) is 0.838.